The lowest BCUT2D eigenvalue weighted by molar-refractivity contribution is 0.660. The topological polar surface area (TPSA) is 42.6 Å². The highest BCUT2D eigenvalue weighted by Gasteiger charge is 2.37. The third-order valence-corrected chi connectivity index (χ3v) is 22.8. The van der Waals surface area contributed by atoms with Gasteiger partial charge < -0.3 is 27.8 Å². The summed E-state index contributed by atoms with van der Waals surface area (Å²) in [5.41, 5.74) is 31.7. The number of anilines is 6. The molecule has 6 nitrogen and oxygen atoms in total. The van der Waals surface area contributed by atoms with Gasteiger partial charge in [0.05, 0.1) is 22.1 Å². The highest BCUT2D eigenvalue weighted by Crippen LogP contribution is 2.53. The number of aromatic nitrogens is 2. The van der Waals surface area contributed by atoms with Gasteiger partial charge in [0.1, 0.15) is 22.3 Å². The fourth-order valence-electron chi connectivity index (χ4n) is 17.4. The van der Waals surface area contributed by atoms with Crippen LogP contribution in [0.15, 0.2) is 409 Å². The number of hydrogen-bond acceptors (Lipinski definition) is 4. The molecule has 111 heavy (non-hydrogen) atoms. The summed E-state index contributed by atoms with van der Waals surface area (Å²) in [4.78, 5) is 4.72. The SMILES string of the molecule is CC1(C)c2cc(N(c3ccc(-c4ccccc4)cc3)c3ccc(-c4ccccc4)cc3)ccc2-c2ccc(-n3c4ccccc4c4ccccc43)cc21.c1ccc2c(c1)oc1c(-c3ccc(N(c4ccc(-c5cccc6c5oc5ccccc56)cc4)c4ccc(-n5c6ccccc6c6ccccc65)cc4)cc3)cccc12. The first-order valence-electron chi connectivity index (χ1n) is 38.1. The fourth-order valence-corrected chi connectivity index (χ4v) is 17.4. The smallest absolute Gasteiger partial charge is 0.143 e. The number of benzene rings is 17. The van der Waals surface area contributed by atoms with Crippen molar-refractivity contribution >= 4 is 122 Å². The molecule has 22 rings (SSSR count). The largest absolute Gasteiger partial charge is 0.455 e. The van der Waals surface area contributed by atoms with Crippen LogP contribution in [0.2, 0.25) is 0 Å². The molecule has 0 aliphatic heterocycles. The van der Waals surface area contributed by atoms with E-state index in [1.165, 1.54) is 93.8 Å². The van der Waals surface area contributed by atoms with Crippen LogP contribution >= 0.6 is 0 Å². The second kappa shape index (κ2) is 26.5. The molecule has 0 unspecified atom stereocenters. The van der Waals surface area contributed by atoms with Gasteiger partial charge in [-0.1, -0.05) is 281 Å². The summed E-state index contributed by atoms with van der Waals surface area (Å²) in [6.45, 7) is 4.76. The van der Waals surface area contributed by atoms with Crippen LogP contribution in [-0.2, 0) is 5.41 Å². The van der Waals surface area contributed by atoms with Gasteiger partial charge in [0.25, 0.3) is 0 Å². The van der Waals surface area contributed by atoms with Crippen LogP contribution in [-0.4, -0.2) is 9.13 Å². The summed E-state index contributed by atoms with van der Waals surface area (Å²) in [7, 11) is 0. The van der Waals surface area contributed by atoms with Crippen molar-refractivity contribution in [2.75, 3.05) is 9.80 Å². The maximum Gasteiger partial charge on any atom is 0.143 e. The van der Waals surface area contributed by atoms with Gasteiger partial charge in [0.15, 0.2) is 0 Å². The predicted molar refractivity (Wildman–Crippen MR) is 465 cm³/mol. The molecule has 17 aromatic carbocycles. The summed E-state index contributed by atoms with van der Waals surface area (Å²) < 4.78 is 17.6. The van der Waals surface area contributed by atoms with E-state index in [2.05, 4.69) is 409 Å². The Bertz CT molecular complexity index is 6780. The van der Waals surface area contributed by atoms with Crippen molar-refractivity contribution in [2.24, 2.45) is 0 Å². The van der Waals surface area contributed by atoms with Crippen molar-refractivity contribution in [3.05, 3.63) is 412 Å². The number of furan rings is 2. The maximum absolute atomic E-state index is 6.42. The Morgan fingerprint density at radius 1 is 0.216 bits per heavy atom. The van der Waals surface area contributed by atoms with Gasteiger partial charge in [-0.2, -0.15) is 0 Å². The number of fused-ring (bicyclic) bond motifs is 15. The van der Waals surface area contributed by atoms with Crippen LogP contribution in [0.4, 0.5) is 34.1 Å². The Labute approximate surface area is 643 Å². The number of nitrogens with zero attached hydrogens (tertiary/aromatic N) is 4. The average Bonchev–Trinajstić information content (AvgIpc) is 1.57. The van der Waals surface area contributed by atoms with Gasteiger partial charge >= 0.3 is 0 Å². The minimum Gasteiger partial charge on any atom is -0.455 e. The molecule has 6 heteroatoms. The van der Waals surface area contributed by atoms with E-state index in [0.29, 0.717) is 0 Å². The van der Waals surface area contributed by atoms with Crippen LogP contribution in [0.25, 0.3) is 154 Å². The third kappa shape index (κ3) is 11.0. The summed E-state index contributed by atoms with van der Waals surface area (Å²) in [6, 6.07) is 144. The van der Waals surface area contributed by atoms with Crippen molar-refractivity contribution < 1.29 is 8.83 Å². The summed E-state index contributed by atoms with van der Waals surface area (Å²) in [5, 5.41) is 9.58. The molecule has 0 spiro atoms. The molecule has 21 aromatic rings. The number of hydrogen-bond donors (Lipinski definition) is 0. The van der Waals surface area contributed by atoms with Crippen LogP contribution in [0.1, 0.15) is 25.0 Å². The molecule has 0 radical (unpaired) electrons. The summed E-state index contributed by atoms with van der Waals surface area (Å²) in [6.07, 6.45) is 0. The molecule has 4 heterocycles. The maximum atomic E-state index is 6.42. The highest BCUT2D eigenvalue weighted by atomic mass is 16.3. The quantitative estimate of drug-likeness (QED) is 0.122. The van der Waals surface area contributed by atoms with Crippen molar-refractivity contribution in [3.8, 4) is 67.0 Å². The van der Waals surface area contributed by atoms with E-state index >= 15 is 0 Å². The Balaban J connectivity index is 0.000000141. The number of para-hydroxylation sites is 8. The first-order chi connectivity index (χ1) is 54.8. The molecule has 4 aromatic heterocycles. The standard InChI is InChI=1S/C54H34N2O2.C51H38N2/c1-5-19-49-43(11-1)44-12-2-6-20-50(44)56(49)40-33-31-39(32-34-40)55(37-27-23-35(24-28-37)41-15-9-17-47-45-13-3-7-21-51(45)57-53(41)47)38-29-25-36(26-30-38)42-16-10-18-48-46-14-4-8-22-52(46)58-54(42)48;1-51(2)47-33-41(29-31-43(47)44-32-30-42(34-48(44)51)53-49-19-11-9-17-45(49)46-18-10-12-20-50(46)53)52(39-25-21-37(22-26-39)35-13-5-3-6-14-35)40-27-23-38(24-28-40)36-15-7-4-8-16-36/h1-34H;3-34H,1-2H3. The molecule has 0 fully saturated rings. The minimum atomic E-state index is -0.199. The van der Waals surface area contributed by atoms with Crippen LogP contribution in [0, 0.1) is 0 Å². The van der Waals surface area contributed by atoms with Crippen LogP contribution < -0.4 is 9.80 Å². The first-order valence-corrected chi connectivity index (χ1v) is 38.1. The zero-order valence-corrected chi connectivity index (χ0v) is 61.2. The zero-order chi connectivity index (χ0) is 73.7. The van der Waals surface area contributed by atoms with E-state index < -0.39 is 0 Å². The van der Waals surface area contributed by atoms with Crippen molar-refractivity contribution in [1.82, 2.24) is 9.13 Å². The van der Waals surface area contributed by atoms with Gasteiger partial charge in [-0.25, -0.2) is 0 Å². The molecule has 524 valence electrons. The molecule has 0 bridgehead atoms. The molecule has 0 amide bonds. The van der Waals surface area contributed by atoms with Gasteiger partial charge in [0, 0.05) is 105 Å². The summed E-state index contributed by atoms with van der Waals surface area (Å²) >= 11 is 0. The molecule has 1 aliphatic rings. The third-order valence-electron chi connectivity index (χ3n) is 22.8. The average molecular weight is 1420 g/mol. The normalized spacial score (nSPS) is 12.3. The minimum absolute atomic E-state index is 0.199. The Hall–Kier alpha value is -14.5. The number of rotatable bonds is 12. The monoisotopic (exact) mass is 1420 g/mol. The van der Waals surface area contributed by atoms with Crippen molar-refractivity contribution in [1.29, 1.82) is 0 Å². The van der Waals surface area contributed by atoms with E-state index in [1.54, 1.807) is 0 Å². The van der Waals surface area contributed by atoms with Crippen molar-refractivity contribution in [3.63, 3.8) is 0 Å². The van der Waals surface area contributed by atoms with E-state index in [-0.39, 0.29) is 5.41 Å². The van der Waals surface area contributed by atoms with E-state index in [1.807, 2.05) is 24.3 Å². The van der Waals surface area contributed by atoms with E-state index in [9.17, 15) is 0 Å². The highest BCUT2D eigenvalue weighted by molar-refractivity contribution is 6.13. The van der Waals surface area contributed by atoms with Gasteiger partial charge in [-0.3, -0.25) is 0 Å². The molecule has 0 atom stereocenters. The first kappa shape index (κ1) is 64.9. The van der Waals surface area contributed by atoms with E-state index in [0.717, 1.165) is 106 Å². The Morgan fingerprint density at radius 3 is 0.937 bits per heavy atom. The second-order valence-corrected chi connectivity index (χ2v) is 29.5. The Morgan fingerprint density at radius 2 is 0.514 bits per heavy atom. The van der Waals surface area contributed by atoms with Gasteiger partial charge in [0.2, 0.25) is 0 Å². The predicted octanol–water partition coefficient (Wildman–Crippen LogP) is 29.3. The molecule has 1 aliphatic carbocycles. The lowest BCUT2D eigenvalue weighted by Gasteiger charge is -2.28. The lowest BCUT2D eigenvalue weighted by atomic mass is 9.82. The fraction of sp³-hybridized carbons (Fsp3) is 0.0286. The van der Waals surface area contributed by atoms with Gasteiger partial charge in [-0.05, 0) is 189 Å². The second-order valence-electron chi connectivity index (χ2n) is 29.5. The zero-order valence-electron chi connectivity index (χ0n) is 61.2. The Kier molecular flexibility index (Phi) is 15.5. The lowest BCUT2D eigenvalue weighted by Crippen LogP contribution is -2.17. The molecule has 0 N–H and O–H groups in total. The van der Waals surface area contributed by atoms with Gasteiger partial charge in [-0.15, -0.1) is 0 Å². The summed E-state index contributed by atoms with van der Waals surface area (Å²) in [5.74, 6) is 0. The van der Waals surface area contributed by atoms with Crippen LogP contribution in [0.3, 0.4) is 0 Å². The molecule has 0 saturated heterocycles. The van der Waals surface area contributed by atoms with Crippen molar-refractivity contribution in [2.45, 2.75) is 19.3 Å². The molecule has 0 saturated carbocycles. The van der Waals surface area contributed by atoms with E-state index in [4.69, 9.17) is 8.83 Å². The molecular formula is C105H72N4O2. The van der Waals surface area contributed by atoms with Crippen LogP contribution in [0.5, 0.6) is 0 Å². The molecular weight excluding hydrogens is 1350 g/mol.